The maximum absolute atomic E-state index is 12.0. The number of carbonyl (C=O) groups excluding carboxylic acids is 1. The van der Waals surface area contributed by atoms with Crippen LogP contribution in [0.25, 0.3) is 10.1 Å². The van der Waals surface area contributed by atoms with Crippen molar-refractivity contribution >= 4 is 33.0 Å². The Balaban J connectivity index is 2.34. The van der Waals surface area contributed by atoms with Crippen LogP contribution in [0.15, 0.2) is 18.2 Å². The molecule has 1 heterocycles. The molecule has 0 aliphatic rings. The monoisotopic (exact) mass is 262 g/mol. The van der Waals surface area contributed by atoms with Gasteiger partial charge in [-0.2, -0.15) is 0 Å². The Labute approximate surface area is 111 Å². The van der Waals surface area contributed by atoms with Gasteiger partial charge >= 0.3 is 0 Å². The predicted molar refractivity (Wildman–Crippen MR) is 78.1 cm³/mol. The molecular weight excluding hydrogens is 244 g/mol. The van der Waals surface area contributed by atoms with Crippen LogP contribution in [0.3, 0.4) is 0 Å². The van der Waals surface area contributed by atoms with Crippen molar-refractivity contribution in [2.24, 2.45) is 5.92 Å². The van der Waals surface area contributed by atoms with Gasteiger partial charge in [-0.1, -0.05) is 25.5 Å². The van der Waals surface area contributed by atoms with Crippen LogP contribution in [0, 0.1) is 12.8 Å². The summed E-state index contributed by atoms with van der Waals surface area (Å²) in [5.74, 6) is 0.367. The molecule has 18 heavy (non-hydrogen) atoms. The number of nitrogens with one attached hydrogen (secondary N) is 1. The Morgan fingerprint density at radius 3 is 2.83 bits per heavy atom. The smallest absolute Gasteiger partial charge is 0.263 e. The summed E-state index contributed by atoms with van der Waals surface area (Å²) in [6.07, 6.45) is 0. The van der Waals surface area contributed by atoms with Gasteiger partial charge in [-0.05, 0) is 25.0 Å². The van der Waals surface area contributed by atoms with Crippen molar-refractivity contribution in [3.8, 4) is 0 Å². The van der Waals surface area contributed by atoms with E-state index >= 15 is 0 Å². The van der Waals surface area contributed by atoms with Crippen molar-refractivity contribution in [1.82, 2.24) is 5.32 Å². The van der Waals surface area contributed by atoms with Crippen molar-refractivity contribution in [2.75, 3.05) is 12.3 Å². The lowest BCUT2D eigenvalue weighted by Gasteiger charge is -2.06. The molecule has 1 amide bonds. The number of carbonyl (C=O) groups is 1. The molecule has 0 unspecified atom stereocenters. The average Bonchev–Trinajstić information content (AvgIpc) is 2.64. The topological polar surface area (TPSA) is 55.1 Å². The minimum atomic E-state index is -0.0694. The van der Waals surface area contributed by atoms with E-state index in [1.165, 1.54) is 11.3 Å². The summed E-state index contributed by atoms with van der Waals surface area (Å²) < 4.78 is 1.06. The summed E-state index contributed by atoms with van der Waals surface area (Å²) in [6.45, 7) is 6.83. The molecule has 0 atom stereocenters. The highest BCUT2D eigenvalue weighted by Gasteiger charge is 2.16. The van der Waals surface area contributed by atoms with Gasteiger partial charge in [-0.15, -0.1) is 11.3 Å². The molecule has 0 saturated heterocycles. The summed E-state index contributed by atoms with van der Waals surface area (Å²) in [6, 6.07) is 6.08. The Bertz CT molecular complexity index is 587. The molecule has 2 rings (SSSR count). The lowest BCUT2D eigenvalue weighted by Crippen LogP contribution is -2.27. The molecule has 1 aromatic carbocycles. The molecule has 0 radical (unpaired) electrons. The Kier molecular flexibility index (Phi) is 3.57. The van der Waals surface area contributed by atoms with Gasteiger partial charge in [0, 0.05) is 16.6 Å². The van der Waals surface area contributed by atoms with Gasteiger partial charge in [0.2, 0.25) is 0 Å². The lowest BCUT2D eigenvalue weighted by molar-refractivity contribution is 0.0954. The van der Waals surface area contributed by atoms with Gasteiger partial charge in [0.1, 0.15) is 4.88 Å². The van der Waals surface area contributed by atoms with Crippen LogP contribution < -0.4 is 11.1 Å². The van der Waals surface area contributed by atoms with Crippen LogP contribution in [0.2, 0.25) is 0 Å². The molecule has 2 aromatic rings. The lowest BCUT2D eigenvalue weighted by atomic mass is 10.1. The molecule has 1 aromatic heterocycles. The van der Waals surface area contributed by atoms with E-state index < -0.39 is 0 Å². The predicted octanol–water partition coefficient (Wildman–Crippen LogP) is 3.18. The van der Waals surface area contributed by atoms with Gasteiger partial charge in [-0.25, -0.2) is 0 Å². The Hall–Kier alpha value is -1.55. The molecule has 0 aliphatic heterocycles. The number of anilines is 1. The fourth-order valence-corrected chi connectivity index (χ4v) is 2.80. The molecule has 3 N–H and O–H groups in total. The quantitative estimate of drug-likeness (QED) is 0.892. The zero-order valence-corrected chi connectivity index (χ0v) is 11.7. The minimum Gasteiger partial charge on any atom is -0.397 e. The van der Waals surface area contributed by atoms with E-state index in [2.05, 4.69) is 19.2 Å². The maximum Gasteiger partial charge on any atom is 0.263 e. The van der Waals surface area contributed by atoms with Crippen molar-refractivity contribution in [3.05, 3.63) is 28.6 Å². The largest absolute Gasteiger partial charge is 0.397 e. The third-order valence-corrected chi connectivity index (χ3v) is 3.94. The molecule has 0 bridgehead atoms. The van der Waals surface area contributed by atoms with E-state index in [4.69, 9.17) is 5.73 Å². The van der Waals surface area contributed by atoms with Gasteiger partial charge in [0.25, 0.3) is 5.91 Å². The van der Waals surface area contributed by atoms with Crippen molar-refractivity contribution in [1.29, 1.82) is 0 Å². The molecule has 0 fully saturated rings. The molecule has 0 spiro atoms. The second-order valence-electron chi connectivity index (χ2n) is 4.95. The van der Waals surface area contributed by atoms with Crippen LogP contribution >= 0.6 is 11.3 Å². The first-order valence-electron chi connectivity index (χ1n) is 6.06. The zero-order valence-electron chi connectivity index (χ0n) is 10.9. The minimum absolute atomic E-state index is 0.0694. The van der Waals surface area contributed by atoms with Crippen molar-refractivity contribution in [2.45, 2.75) is 20.8 Å². The highest BCUT2D eigenvalue weighted by atomic mass is 32.1. The number of nitrogen functional groups attached to an aromatic ring is 1. The summed E-state index contributed by atoms with van der Waals surface area (Å²) in [5, 5.41) is 3.89. The second-order valence-corrected chi connectivity index (χ2v) is 6.00. The van der Waals surface area contributed by atoms with E-state index in [0.717, 1.165) is 15.6 Å². The molecular formula is C14H18N2OS. The molecule has 0 saturated carbocycles. The first-order chi connectivity index (χ1) is 8.49. The SMILES string of the molecule is Cc1ccc2sc(C(=O)NCC(C)C)c(N)c2c1. The molecule has 3 nitrogen and oxygen atoms in total. The van der Waals surface area contributed by atoms with Crippen LogP contribution in [0.5, 0.6) is 0 Å². The molecule has 0 aliphatic carbocycles. The summed E-state index contributed by atoms with van der Waals surface area (Å²) in [4.78, 5) is 12.7. The van der Waals surface area contributed by atoms with Crippen molar-refractivity contribution < 1.29 is 4.79 Å². The average molecular weight is 262 g/mol. The number of amides is 1. The van der Waals surface area contributed by atoms with Gasteiger partial charge in [0.15, 0.2) is 0 Å². The van der Waals surface area contributed by atoms with Crippen LogP contribution in [0.4, 0.5) is 5.69 Å². The number of hydrogen-bond acceptors (Lipinski definition) is 3. The third kappa shape index (κ3) is 2.48. The fraction of sp³-hybridized carbons (Fsp3) is 0.357. The second kappa shape index (κ2) is 4.98. The van der Waals surface area contributed by atoms with Gasteiger partial charge in [-0.3, -0.25) is 4.79 Å². The first-order valence-corrected chi connectivity index (χ1v) is 6.87. The van der Waals surface area contributed by atoms with E-state index in [0.29, 0.717) is 23.0 Å². The number of aryl methyl sites for hydroxylation is 1. The van der Waals surface area contributed by atoms with E-state index in [-0.39, 0.29) is 5.91 Å². The number of benzene rings is 1. The number of rotatable bonds is 3. The Morgan fingerprint density at radius 1 is 1.44 bits per heavy atom. The zero-order chi connectivity index (χ0) is 13.3. The Morgan fingerprint density at radius 2 is 2.17 bits per heavy atom. The first kappa shape index (κ1) is 12.9. The molecule has 96 valence electrons. The highest BCUT2D eigenvalue weighted by Crippen LogP contribution is 2.34. The van der Waals surface area contributed by atoms with Crippen LogP contribution in [-0.2, 0) is 0 Å². The molecule has 4 heteroatoms. The van der Waals surface area contributed by atoms with Crippen LogP contribution in [-0.4, -0.2) is 12.5 Å². The van der Waals surface area contributed by atoms with E-state index in [1.807, 2.05) is 25.1 Å². The summed E-state index contributed by atoms with van der Waals surface area (Å²) in [7, 11) is 0. The van der Waals surface area contributed by atoms with Crippen molar-refractivity contribution in [3.63, 3.8) is 0 Å². The standard InChI is InChI=1S/C14H18N2OS/c1-8(2)7-16-14(17)13-12(15)10-6-9(3)4-5-11(10)18-13/h4-6,8H,7,15H2,1-3H3,(H,16,17). The number of fused-ring (bicyclic) bond motifs is 1. The summed E-state index contributed by atoms with van der Waals surface area (Å²) >= 11 is 1.46. The highest BCUT2D eigenvalue weighted by molar-refractivity contribution is 7.21. The number of thiophene rings is 1. The number of nitrogens with two attached hydrogens (primary N) is 1. The van der Waals surface area contributed by atoms with E-state index in [1.54, 1.807) is 0 Å². The number of hydrogen-bond donors (Lipinski definition) is 2. The fourth-order valence-electron chi connectivity index (χ4n) is 1.78. The third-order valence-electron chi connectivity index (χ3n) is 2.76. The van der Waals surface area contributed by atoms with Crippen LogP contribution in [0.1, 0.15) is 29.1 Å². The maximum atomic E-state index is 12.0. The normalized spacial score (nSPS) is 11.1. The van der Waals surface area contributed by atoms with Gasteiger partial charge in [0.05, 0.1) is 5.69 Å². The summed E-state index contributed by atoms with van der Waals surface area (Å²) in [5.41, 5.74) is 7.82. The van der Waals surface area contributed by atoms with Gasteiger partial charge < -0.3 is 11.1 Å². The van der Waals surface area contributed by atoms with E-state index in [9.17, 15) is 4.79 Å².